The third-order valence-electron chi connectivity index (χ3n) is 2.19. The lowest BCUT2D eigenvalue weighted by atomic mass is 10.3. The van der Waals surface area contributed by atoms with Gasteiger partial charge in [0.2, 0.25) is 10.0 Å². The van der Waals surface area contributed by atoms with Crippen LogP contribution in [0.4, 0.5) is 0 Å². The van der Waals surface area contributed by atoms with Gasteiger partial charge in [0.25, 0.3) is 0 Å². The summed E-state index contributed by atoms with van der Waals surface area (Å²) in [5.41, 5.74) is 0. The molecule has 0 aromatic carbocycles. The molecule has 0 saturated carbocycles. The maximum atomic E-state index is 11.5. The molecule has 0 aromatic rings. The summed E-state index contributed by atoms with van der Waals surface area (Å²) < 4.78 is 25.5. The summed E-state index contributed by atoms with van der Waals surface area (Å²) in [7, 11) is 2.79. The zero-order chi connectivity index (χ0) is 12.4. The van der Waals surface area contributed by atoms with E-state index in [9.17, 15) is 8.42 Å². The normalized spacial score (nSPS) is 12.2. The fraction of sp³-hybridized carbons (Fsp3) is 1.00. The van der Waals surface area contributed by atoms with Crippen LogP contribution < -0.4 is 10.0 Å². The SMILES string of the molecule is CNCCCS(=O)(=O)NCCCCN(C)C. The monoisotopic (exact) mass is 251 g/mol. The fourth-order valence-corrected chi connectivity index (χ4v) is 2.42. The van der Waals surface area contributed by atoms with Gasteiger partial charge in [0.15, 0.2) is 0 Å². The number of unbranched alkanes of at least 4 members (excludes halogenated alkanes) is 1. The average Bonchev–Trinajstić information content (AvgIpc) is 2.16. The van der Waals surface area contributed by atoms with Gasteiger partial charge in [-0.2, -0.15) is 0 Å². The minimum Gasteiger partial charge on any atom is -0.320 e. The fourth-order valence-electron chi connectivity index (χ4n) is 1.29. The standard InChI is InChI=1S/C10H25N3O2S/c1-11-7-6-10-16(14,15)12-8-4-5-9-13(2)3/h11-12H,4-10H2,1-3H3. The van der Waals surface area contributed by atoms with Gasteiger partial charge in [-0.05, 0) is 53.5 Å². The Hall–Kier alpha value is -0.170. The first-order chi connectivity index (χ1) is 7.48. The molecule has 2 N–H and O–H groups in total. The second-order valence-corrected chi connectivity index (χ2v) is 6.11. The highest BCUT2D eigenvalue weighted by Crippen LogP contribution is 1.92. The Balaban J connectivity index is 3.51. The Morgan fingerprint density at radius 3 is 2.31 bits per heavy atom. The number of rotatable bonds is 10. The van der Waals surface area contributed by atoms with Crippen molar-refractivity contribution in [3.63, 3.8) is 0 Å². The quantitative estimate of drug-likeness (QED) is 0.531. The molecule has 0 unspecified atom stereocenters. The Bertz CT molecular complexity index is 253. The zero-order valence-electron chi connectivity index (χ0n) is 10.6. The molecule has 98 valence electrons. The van der Waals surface area contributed by atoms with Crippen molar-refractivity contribution in [2.45, 2.75) is 19.3 Å². The first kappa shape index (κ1) is 15.8. The summed E-state index contributed by atoms with van der Waals surface area (Å²) in [4.78, 5) is 2.10. The van der Waals surface area contributed by atoms with Crippen LogP contribution in [0.25, 0.3) is 0 Å². The summed E-state index contributed by atoms with van der Waals surface area (Å²) in [6, 6.07) is 0. The number of nitrogens with one attached hydrogen (secondary N) is 2. The van der Waals surface area contributed by atoms with Gasteiger partial charge in [0.05, 0.1) is 5.75 Å². The number of hydrogen-bond acceptors (Lipinski definition) is 4. The largest absolute Gasteiger partial charge is 0.320 e. The Kier molecular flexibility index (Phi) is 8.83. The second-order valence-electron chi connectivity index (χ2n) is 4.18. The summed E-state index contributed by atoms with van der Waals surface area (Å²) in [5, 5.41) is 2.93. The van der Waals surface area contributed by atoms with Crippen molar-refractivity contribution in [3.05, 3.63) is 0 Å². The smallest absolute Gasteiger partial charge is 0.211 e. The lowest BCUT2D eigenvalue weighted by Crippen LogP contribution is -2.29. The van der Waals surface area contributed by atoms with E-state index in [-0.39, 0.29) is 5.75 Å². The van der Waals surface area contributed by atoms with E-state index in [4.69, 9.17) is 0 Å². The highest BCUT2D eigenvalue weighted by molar-refractivity contribution is 7.89. The number of nitrogens with zero attached hydrogens (tertiary/aromatic N) is 1. The summed E-state index contributed by atoms with van der Waals surface area (Å²) in [6.45, 7) is 2.29. The van der Waals surface area contributed by atoms with E-state index in [1.807, 2.05) is 21.1 Å². The van der Waals surface area contributed by atoms with Gasteiger partial charge in [0.1, 0.15) is 0 Å². The number of sulfonamides is 1. The molecule has 0 amide bonds. The first-order valence-electron chi connectivity index (χ1n) is 5.74. The average molecular weight is 251 g/mol. The molecule has 0 rings (SSSR count). The van der Waals surface area contributed by atoms with E-state index in [0.29, 0.717) is 13.0 Å². The van der Waals surface area contributed by atoms with E-state index in [1.165, 1.54) is 0 Å². The van der Waals surface area contributed by atoms with Gasteiger partial charge >= 0.3 is 0 Å². The Morgan fingerprint density at radius 1 is 1.06 bits per heavy atom. The molecule has 0 spiro atoms. The van der Waals surface area contributed by atoms with E-state index in [0.717, 1.165) is 25.9 Å². The molecule has 0 fully saturated rings. The van der Waals surface area contributed by atoms with Crippen molar-refractivity contribution in [2.75, 3.05) is 46.5 Å². The minimum atomic E-state index is -3.06. The molecular weight excluding hydrogens is 226 g/mol. The third kappa shape index (κ3) is 10.4. The molecule has 0 aromatic heterocycles. The lowest BCUT2D eigenvalue weighted by molar-refractivity contribution is 0.394. The van der Waals surface area contributed by atoms with Crippen molar-refractivity contribution < 1.29 is 8.42 Å². The molecule has 0 bridgehead atoms. The molecule has 0 aliphatic carbocycles. The van der Waals surface area contributed by atoms with E-state index in [1.54, 1.807) is 0 Å². The van der Waals surface area contributed by atoms with Crippen molar-refractivity contribution >= 4 is 10.0 Å². The summed E-state index contributed by atoms with van der Waals surface area (Å²) >= 11 is 0. The van der Waals surface area contributed by atoms with Crippen LogP contribution >= 0.6 is 0 Å². The lowest BCUT2D eigenvalue weighted by Gasteiger charge is -2.09. The van der Waals surface area contributed by atoms with Gasteiger partial charge in [-0.3, -0.25) is 0 Å². The van der Waals surface area contributed by atoms with Crippen molar-refractivity contribution in [3.8, 4) is 0 Å². The van der Waals surface area contributed by atoms with Crippen LogP contribution in [0.3, 0.4) is 0 Å². The minimum absolute atomic E-state index is 0.210. The molecule has 5 nitrogen and oxygen atoms in total. The molecule has 0 aliphatic heterocycles. The van der Waals surface area contributed by atoms with E-state index < -0.39 is 10.0 Å². The summed E-state index contributed by atoms with van der Waals surface area (Å²) in [5.74, 6) is 0.210. The van der Waals surface area contributed by atoms with Crippen LogP contribution in [0, 0.1) is 0 Å². The van der Waals surface area contributed by atoms with E-state index >= 15 is 0 Å². The van der Waals surface area contributed by atoms with Crippen LogP contribution in [0.2, 0.25) is 0 Å². The van der Waals surface area contributed by atoms with Gasteiger partial charge in [-0.25, -0.2) is 13.1 Å². The Morgan fingerprint density at radius 2 is 1.75 bits per heavy atom. The predicted molar refractivity (Wildman–Crippen MR) is 68.1 cm³/mol. The predicted octanol–water partition coefficient (Wildman–Crippen LogP) is -0.143. The van der Waals surface area contributed by atoms with Crippen molar-refractivity contribution in [1.29, 1.82) is 0 Å². The molecule has 0 saturated heterocycles. The zero-order valence-corrected chi connectivity index (χ0v) is 11.4. The van der Waals surface area contributed by atoms with Gasteiger partial charge in [-0.15, -0.1) is 0 Å². The molecule has 0 heterocycles. The molecule has 0 radical (unpaired) electrons. The molecule has 6 heteroatoms. The highest BCUT2D eigenvalue weighted by atomic mass is 32.2. The maximum absolute atomic E-state index is 11.5. The van der Waals surface area contributed by atoms with Crippen LogP contribution in [-0.2, 0) is 10.0 Å². The first-order valence-corrected chi connectivity index (χ1v) is 7.40. The van der Waals surface area contributed by atoms with Crippen LogP contribution in [0.15, 0.2) is 0 Å². The van der Waals surface area contributed by atoms with Crippen molar-refractivity contribution in [2.24, 2.45) is 0 Å². The van der Waals surface area contributed by atoms with Crippen LogP contribution in [0.5, 0.6) is 0 Å². The highest BCUT2D eigenvalue weighted by Gasteiger charge is 2.07. The van der Waals surface area contributed by atoms with Crippen LogP contribution in [0.1, 0.15) is 19.3 Å². The van der Waals surface area contributed by atoms with Gasteiger partial charge in [-0.1, -0.05) is 0 Å². The molecule has 16 heavy (non-hydrogen) atoms. The second kappa shape index (κ2) is 8.92. The van der Waals surface area contributed by atoms with E-state index in [2.05, 4.69) is 14.9 Å². The van der Waals surface area contributed by atoms with Crippen molar-refractivity contribution in [1.82, 2.24) is 14.9 Å². The van der Waals surface area contributed by atoms with Gasteiger partial charge in [0, 0.05) is 6.54 Å². The molecule has 0 atom stereocenters. The molecule has 0 aliphatic rings. The molecular formula is C10H25N3O2S. The third-order valence-corrected chi connectivity index (χ3v) is 3.66. The number of hydrogen-bond donors (Lipinski definition) is 2. The van der Waals surface area contributed by atoms with Crippen LogP contribution in [-0.4, -0.2) is 59.8 Å². The van der Waals surface area contributed by atoms with Gasteiger partial charge < -0.3 is 10.2 Å². The topological polar surface area (TPSA) is 61.4 Å². The Labute approximate surface area is 99.6 Å². The maximum Gasteiger partial charge on any atom is 0.211 e. The summed E-state index contributed by atoms with van der Waals surface area (Å²) in [6.07, 6.45) is 2.57.